The summed E-state index contributed by atoms with van der Waals surface area (Å²) in [6, 6.07) is 5.71. The van der Waals surface area contributed by atoms with Gasteiger partial charge in [0.15, 0.2) is 0 Å². The number of fused-ring (bicyclic) bond motifs is 1. The van der Waals surface area contributed by atoms with Crippen molar-refractivity contribution >= 4 is 21.6 Å². The SMILES string of the molecule is CC1CCN(C(CNC(=O)c2ccc3c(c2)CCCN3S(C)(=O)=O)C(C)C)CC1. The summed E-state index contributed by atoms with van der Waals surface area (Å²) < 4.78 is 25.5. The number of nitrogens with one attached hydrogen (secondary N) is 1. The number of sulfonamides is 1. The third-order valence-electron chi connectivity index (χ3n) is 6.35. The molecule has 0 spiro atoms. The number of rotatable bonds is 6. The molecule has 1 unspecified atom stereocenters. The Balaban J connectivity index is 1.67. The summed E-state index contributed by atoms with van der Waals surface area (Å²) in [6.45, 7) is 10.1. The first-order valence-corrected chi connectivity index (χ1v) is 12.6. The highest BCUT2D eigenvalue weighted by Gasteiger charge is 2.27. The van der Waals surface area contributed by atoms with Gasteiger partial charge in [-0.25, -0.2) is 8.42 Å². The average Bonchev–Trinajstić information content (AvgIpc) is 2.67. The van der Waals surface area contributed by atoms with E-state index in [0.29, 0.717) is 36.3 Å². The third-order valence-corrected chi connectivity index (χ3v) is 7.53. The highest BCUT2D eigenvalue weighted by Crippen LogP contribution is 2.30. The molecule has 0 saturated carbocycles. The van der Waals surface area contributed by atoms with Crippen molar-refractivity contribution in [1.82, 2.24) is 10.2 Å². The Kier molecular flexibility index (Phi) is 6.89. The molecule has 2 aliphatic heterocycles. The van der Waals surface area contributed by atoms with E-state index in [9.17, 15) is 13.2 Å². The third kappa shape index (κ3) is 5.31. The van der Waals surface area contributed by atoms with Crippen LogP contribution in [-0.4, -0.2) is 57.7 Å². The van der Waals surface area contributed by atoms with E-state index in [2.05, 4.69) is 31.0 Å². The fourth-order valence-corrected chi connectivity index (χ4v) is 5.49. The lowest BCUT2D eigenvalue weighted by Gasteiger charge is -2.39. The van der Waals surface area contributed by atoms with E-state index < -0.39 is 10.0 Å². The van der Waals surface area contributed by atoms with Crippen LogP contribution in [0.15, 0.2) is 18.2 Å². The molecule has 7 heteroatoms. The van der Waals surface area contributed by atoms with E-state index in [1.54, 1.807) is 12.1 Å². The average molecular weight is 422 g/mol. The van der Waals surface area contributed by atoms with Gasteiger partial charge in [0.25, 0.3) is 5.91 Å². The van der Waals surface area contributed by atoms with E-state index in [1.807, 2.05) is 6.07 Å². The summed E-state index contributed by atoms with van der Waals surface area (Å²) in [7, 11) is -3.29. The Hall–Kier alpha value is -1.60. The minimum atomic E-state index is -3.29. The summed E-state index contributed by atoms with van der Waals surface area (Å²) in [6.07, 6.45) is 5.24. The Labute approximate surface area is 175 Å². The lowest BCUT2D eigenvalue weighted by Crippen LogP contribution is -2.49. The molecule has 0 bridgehead atoms. The van der Waals surface area contributed by atoms with Crippen LogP contribution in [0.1, 0.15) is 56.0 Å². The van der Waals surface area contributed by atoms with Crippen LogP contribution < -0.4 is 9.62 Å². The summed E-state index contributed by atoms with van der Waals surface area (Å²) in [4.78, 5) is 15.3. The van der Waals surface area contributed by atoms with Crippen LogP contribution >= 0.6 is 0 Å². The first-order valence-electron chi connectivity index (χ1n) is 10.8. The van der Waals surface area contributed by atoms with Crippen molar-refractivity contribution in [2.45, 2.75) is 52.5 Å². The van der Waals surface area contributed by atoms with Gasteiger partial charge in [-0.05, 0) is 74.4 Å². The highest BCUT2D eigenvalue weighted by atomic mass is 32.2. The maximum atomic E-state index is 12.8. The zero-order valence-corrected chi connectivity index (χ0v) is 19.0. The Morgan fingerprint density at radius 2 is 1.90 bits per heavy atom. The van der Waals surface area contributed by atoms with E-state index in [4.69, 9.17) is 0 Å². The second-order valence-electron chi connectivity index (χ2n) is 9.02. The van der Waals surface area contributed by atoms with E-state index in [1.165, 1.54) is 23.4 Å². The molecule has 29 heavy (non-hydrogen) atoms. The second-order valence-corrected chi connectivity index (χ2v) is 10.9. The van der Waals surface area contributed by atoms with Gasteiger partial charge in [0, 0.05) is 24.7 Å². The summed E-state index contributed by atoms with van der Waals surface area (Å²) in [5.41, 5.74) is 2.24. The number of aryl methyl sites for hydroxylation is 1. The monoisotopic (exact) mass is 421 g/mol. The Bertz CT molecular complexity index is 830. The van der Waals surface area contributed by atoms with Crippen LogP contribution in [0.25, 0.3) is 0 Å². The van der Waals surface area contributed by atoms with Gasteiger partial charge in [0.05, 0.1) is 11.9 Å². The van der Waals surface area contributed by atoms with Crippen molar-refractivity contribution in [2.75, 3.05) is 36.7 Å². The maximum absolute atomic E-state index is 12.8. The van der Waals surface area contributed by atoms with Crippen LogP contribution in [-0.2, 0) is 16.4 Å². The molecular weight excluding hydrogens is 386 g/mol. The standard InChI is InChI=1S/C22H35N3O3S/c1-16(2)21(24-12-9-17(3)10-13-24)15-23-22(26)19-7-8-20-18(14-19)6-5-11-25(20)29(4,27)28/h7-8,14,16-17,21H,5-6,9-13,15H2,1-4H3,(H,23,26). The molecule has 1 N–H and O–H groups in total. The zero-order chi connectivity index (χ0) is 21.2. The van der Waals surface area contributed by atoms with Gasteiger partial charge in [-0.2, -0.15) is 0 Å². The highest BCUT2D eigenvalue weighted by molar-refractivity contribution is 7.92. The molecule has 1 aromatic carbocycles. The molecule has 1 atom stereocenters. The van der Waals surface area contributed by atoms with Crippen LogP contribution in [0.5, 0.6) is 0 Å². The predicted octanol–water partition coefficient (Wildman–Crippen LogP) is 2.89. The van der Waals surface area contributed by atoms with Gasteiger partial charge in [0.2, 0.25) is 10.0 Å². The molecule has 3 rings (SSSR count). The molecule has 2 heterocycles. The molecule has 162 valence electrons. The molecule has 0 aromatic heterocycles. The Morgan fingerprint density at radius 1 is 1.21 bits per heavy atom. The van der Waals surface area contributed by atoms with Gasteiger partial charge in [-0.15, -0.1) is 0 Å². The van der Waals surface area contributed by atoms with Crippen LogP contribution in [0, 0.1) is 11.8 Å². The zero-order valence-electron chi connectivity index (χ0n) is 18.1. The molecule has 1 saturated heterocycles. The number of anilines is 1. The van der Waals surface area contributed by atoms with Crippen molar-refractivity contribution in [3.8, 4) is 0 Å². The van der Waals surface area contributed by atoms with E-state index >= 15 is 0 Å². The van der Waals surface area contributed by atoms with Gasteiger partial charge in [-0.1, -0.05) is 20.8 Å². The molecule has 1 fully saturated rings. The lowest BCUT2D eigenvalue weighted by atomic mass is 9.94. The normalized spacial score (nSPS) is 19.8. The van der Waals surface area contributed by atoms with Crippen molar-refractivity contribution in [3.05, 3.63) is 29.3 Å². The fourth-order valence-electron chi connectivity index (χ4n) is 4.49. The number of benzene rings is 1. The van der Waals surface area contributed by atoms with Crippen molar-refractivity contribution < 1.29 is 13.2 Å². The number of likely N-dealkylation sites (tertiary alicyclic amines) is 1. The summed E-state index contributed by atoms with van der Waals surface area (Å²) in [5.74, 6) is 1.17. The first kappa shape index (κ1) is 22.1. The quantitative estimate of drug-likeness (QED) is 0.767. The maximum Gasteiger partial charge on any atom is 0.251 e. The fraction of sp³-hybridized carbons (Fsp3) is 0.682. The predicted molar refractivity (Wildman–Crippen MR) is 118 cm³/mol. The van der Waals surface area contributed by atoms with Crippen LogP contribution in [0.4, 0.5) is 5.69 Å². The van der Waals surface area contributed by atoms with E-state index in [-0.39, 0.29) is 5.91 Å². The van der Waals surface area contributed by atoms with Crippen molar-refractivity contribution in [1.29, 1.82) is 0 Å². The first-order chi connectivity index (χ1) is 13.7. The largest absolute Gasteiger partial charge is 0.350 e. The molecule has 1 aromatic rings. The topological polar surface area (TPSA) is 69.7 Å². The number of nitrogens with zero attached hydrogens (tertiary/aromatic N) is 2. The van der Waals surface area contributed by atoms with Crippen LogP contribution in [0.3, 0.4) is 0 Å². The molecule has 1 amide bonds. The molecule has 6 nitrogen and oxygen atoms in total. The number of hydrogen-bond donors (Lipinski definition) is 1. The van der Waals surface area contributed by atoms with Crippen LogP contribution in [0.2, 0.25) is 0 Å². The van der Waals surface area contributed by atoms with Crippen molar-refractivity contribution in [2.24, 2.45) is 11.8 Å². The second kappa shape index (κ2) is 9.04. The molecule has 0 radical (unpaired) electrons. The number of piperidine rings is 1. The lowest BCUT2D eigenvalue weighted by molar-refractivity contribution is 0.0863. The number of carbonyl (C=O) groups is 1. The van der Waals surface area contributed by atoms with Gasteiger partial charge < -0.3 is 5.32 Å². The molecule has 0 aliphatic carbocycles. The summed E-state index contributed by atoms with van der Waals surface area (Å²) >= 11 is 0. The van der Waals surface area contributed by atoms with Crippen molar-refractivity contribution in [3.63, 3.8) is 0 Å². The van der Waals surface area contributed by atoms with Gasteiger partial charge in [-0.3, -0.25) is 14.0 Å². The minimum Gasteiger partial charge on any atom is -0.350 e. The molecule has 2 aliphatic rings. The summed E-state index contributed by atoms with van der Waals surface area (Å²) in [5, 5.41) is 3.12. The molecular formula is C22H35N3O3S. The van der Waals surface area contributed by atoms with Gasteiger partial charge >= 0.3 is 0 Å². The van der Waals surface area contributed by atoms with Gasteiger partial charge in [0.1, 0.15) is 0 Å². The minimum absolute atomic E-state index is 0.0830. The smallest absolute Gasteiger partial charge is 0.251 e. The number of hydrogen-bond acceptors (Lipinski definition) is 4. The number of amides is 1. The van der Waals surface area contributed by atoms with E-state index in [0.717, 1.165) is 37.4 Å². The number of carbonyl (C=O) groups excluding carboxylic acids is 1. The Morgan fingerprint density at radius 3 is 2.52 bits per heavy atom.